The second kappa shape index (κ2) is 13.8. The van der Waals surface area contributed by atoms with Gasteiger partial charge in [0.15, 0.2) is 18.3 Å². The molecule has 0 atom stereocenters. The van der Waals surface area contributed by atoms with E-state index in [1.54, 1.807) is 0 Å². The minimum atomic E-state index is 0. The summed E-state index contributed by atoms with van der Waals surface area (Å²) < 4.78 is 2.28. The predicted molar refractivity (Wildman–Crippen MR) is 86.4 cm³/mol. The lowest BCUT2D eigenvalue weighted by Gasteiger charge is -2.01. The van der Waals surface area contributed by atoms with E-state index in [0.717, 1.165) is 5.88 Å². The molecule has 1 aromatic rings. The van der Waals surface area contributed by atoms with E-state index in [2.05, 4.69) is 42.9 Å². The topological polar surface area (TPSA) is 3.88 Å². The van der Waals surface area contributed by atoms with Crippen molar-refractivity contribution in [3.05, 3.63) is 30.1 Å². The van der Waals surface area contributed by atoms with Gasteiger partial charge in [-0.05, 0) is 25.2 Å². The normalized spacial score (nSPS) is 10.3. The molecular formula is C17H30ClNS. The summed E-state index contributed by atoms with van der Waals surface area (Å²) in [6.07, 6.45) is 15.7. The lowest BCUT2D eigenvalue weighted by atomic mass is 10.1. The fraction of sp³-hybridized carbons (Fsp3) is 0.706. The van der Waals surface area contributed by atoms with Gasteiger partial charge in [0, 0.05) is 11.6 Å². The first kappa shape index (κ1) is 19.8. The van der Waals surface area contributed by atoms with Crippen molar-refractivity contribution in [2.75, 3.05) is 5.75 Å². The standard InChI is InChI=1S/C17H30NS.ClH/c1-3-4-5-6-7-8-9-10-14-19-16-18-13-11-12-17(2)15-18;/h11-13,15H,3-10,14,16H2,1-2H3;1H/q+1;/p-1. The van der Waals surface area contributed by atoms with Gasteiger partial charge >= 0.3 is 0 Å². The molecule has 116 valence electrons. The van der Waals surface area contributed by atoms with E-state index in [1.165, 1.54) is 62.7 Å². The SMILES string of the molecule is CCCCCCCCCCSC[n+]1cccc(C)c1.[Cl-]. The Morgan fingerprint density at radius 3 is 2.30 bits per heavy atom. The second-order valence-electron chi connectivity index (χ2n) is 5.41. The highest BCUT2D eigenvalue weighted by atomic mass is 35.5. The van der Waals surface area contributed by atoms with Crippen LogP contribution in [-0.4, -0.2) is 5.75 Å². The fourth-order valence-corrected chi connectivity index (χ4v) is 3.15. The van der Waals surface area contributed by atoms with Gasteiger partial charge in [-0.25, -0.2) is 0 Å². The van der Waals surface area contributed by atoms with Crippen LogP contribution < -0.4 is 17.0 Å². The second-order valence-corrected chi connectivity index (χ2v) is 6.48. The van der Waals surface area contributed by atoms with E-state index in [1.807, 2.05) is 11.8 Å². The maximum absolute atomic E-state index is 2.28. The third-order valence-corrected chi connectivity index (χ3v) is 4.45. The Bertz CT molecular complexity index is 331. The highest BCUT2D eigenvalue weighted by Crippen LogP contribution is 2.11. The molecule has 0 aromatic carbocycles. The highest BCUT2D eigenvalue weighted by molar-refractivity contribution is 7.98. The van der Waals surface area contributed by atoms with Crippen molar-refractivity contribution < 1.29 is 17.0 Å². The smallest absolute Gasteiger partial charge is 0.194 e. The van der Waals surface area contributed by atoms with Crippen molar-refractivity contribution in [2.24, 2.45) is 0 Å². The summed E-state index contributed by atoms with van der Waals surface area (Å²) in [5, 5.41) is 0. The number of aromatic nitrogens is 1. The molecule has 0 aliphatic heterocycles. The Kier molecular flexibility index (Phi) is 13.6. The first-order valence-electron chi connectivity index (χ1n) is 7.86. The molecule has 0 saturated carbocycles. The van der Waals surface area contributed by atoms with Crippen molar-refractivity contribution in [2.45, 2.75) is 71.1 Å². The molecule has 0 N–H and O–H groups in total. The van der Waals surface area contributed by atoms with Crippen LogP contribution in [0.2, 0.25) is 0 Å². The van der Waals surface area contributed by atoms with Crippen molar-refractivity contribution in [1.29, 1.82) is 0 Å². The van der Waals surface area contributed by atoms with Crippen LogP contribution >= 0.6 is 11.8 Å². The van der Waals surface area contributed by atoms with Crippen molar-refractivity contribution in [3.63, 3.8) is 0 Å². The molecule has 1 heterocycles. The molecule has 0 radical (unpaired) electrons. The summed E-state index contributed by atoms with van der Waals surface area (Å²) in [5.74, 6) is 2.40. The van der Waals surface area contributed by atoms with Crippen LogP contribution in [-0.2, 0) is 5.88 Å². The van der Waals surface area contributed by atoms with E-state index >= 15 is 0 Å². The molecular weight excluding hydrogens is 286 g/mol. The first-order valence-corrected chi connectivity index (χ1v) is 9.02. The van der Waals surface area contributed by atoms with Crippen molar-refractivity contribution in [3.8, 4) is 0 Å². The highest BCUT2D eigenvalue weighted by Gasteiger charge is 2.00. The summed E-state index contributed by atoms with van der Waals surface area (Å²) in [6, 6.07) is 4.28. The third kappa shape index (κ3) is 10.6. The zero-order valence-electron chi connectivity index (χ0n) is 13.1. The average molecular weight is 316 g/mol. The van der Waals surface area contributed by atoms with Crippen LogP contribution in [0.1, 0.15) is 63.9 Å². The molecule has 1 nitrogen and oxygen atoms in total. The van der Waals surface area contributed by atoms with Gasteiger partial charge < -0.3 is 12.4 Å². The Labute approximate surface area is 136 Å². The summed E-state index contributed by atoms with van der Waals surface area (Å²) in [4.78, 5) is 0. The summed E-state index contributed by atoms with van der Waals surface area (Å²) in [7, 11) is 0. The Morgan fingerprint density at radius 1 is 1.00 bits per heavy atom. The lowest BCUT2D eigenvalue weighted by Crippen LogP contribution is -3.00. The molecule has 0 aliphatic rings. The molecule has 0 amide bonds. The quantitative estimate of drug-likeness (QED) is 0.447. The van der Waals surface area contributed by atoms with Gasteiger partial charge in [-0.15, -0.1) is 0 Å². The van der Waals surface area contributed by atoms with E-state index < -0.39 is 0 Å². The molecule has 1 rings (SSSR count). The Morgan fingerprint density at radius 2 is 1.65 bits per heavy atom. The number of thioether (sulfide) groups is 1. The van der Waals surface area contributed by atoms with E-state index in [0.29, 0.717) is 0 Å². The molecule has 0 spiro atoms. The number of halogens is 1. The molecule has 0 bridgehead atoms. The number of nitrogens with zero attached hydrogens (tertiary/aromatic N) is 1. The van der Waals surface area contributed by atoms with Crippen LogP contribution in [0.25, 0.3) is 0 Å². The van der Waals surface area contributed by atoms with Crippen molar-refractivity contribution >= 4 is 11.8 Å². The van der Waals surface area contributed by atoms with E-state index in [-0.39, 0.29) is 12.4 Å². The van der Waals surface area contributed by atoms with E-state index in [4.69, 9.17) is 0 Å². The number of aryl methyl sites for hydroxylation is 1. The Balaban J connectivity index is 0.00000361. The largest absolute Gasteiger partial charge is 1.00 e. The van der Waals surface area contributed by atoms with Gasteiger partial charge in [-0.3, -0.25) is 0 Å². The number of pyridine rings is 1. The molecule has 3 heteroatoms. The van der Waals surface area contributed by atoms with Gasteiger partial charge in [-0.2, -0.15) is 4.57 Å². The van der Waals surface area contributed by atoms with Gasteiger partial charge in [0.05, 0.1) is 0 Å². The van der Waals surface area contributed by atoms with Crippen LogP contribution in [0.4, 0.5) is 0 Å². The summed E-state index contributed by atoms with van der Waals surface area (Å²) >= 11 is 2.05. The van der Waals surface area contributed by atoms with Crippen LogP contribution in [0.15, 0.2) is 24.5 Å². The number of rotatable bonds is 11. The van der Waals surface area contributed by atoms with Crippen LogP contribution in [0.5, 0.6) is 0 Å². The van der Waals surface area contributed by atoms with Gasteiger partial charge in [0.1, 0.15) is 0 Å². The molecule has 20 heavy (non-hydrogen) atoms. The molecule has 0 unspecified atom stereocenters. The minimum absolute atomic E-state index is 0. The molecule has 0 fully saturated rings. The lowest BCUT2D eigenvalue weighted by molar-refractivity contribution is -0.676. The maximum Gasteiger partial charge on any atom is 0.194 e. The monoisotopic (exact) mass is 315 g/mol. The molecule has 1 aromatic heterocycles. The van der Waals surface area contributed by atoms with E-state index in [9.17, 15) is 0 Å². The van der Waals surface area contributed by atoms with Gasteiger partial charge in [0.25, 0.3) is 0 Å². The number of hydrogen-bond acceptors (Lipinski definition) is 1. The Hall–Kier alpha value is -0.210. The zero-order valence-corrected chi connectivity index (χ0v) is 14.7. The zero-order chi connectivity index (χ0) is 13.8. The maximum atomic E-state index is 2.28. The predicted octanol–water partition coefficient (Wildman–Crippen LogP) is 2.12. The van der Waals surface area contributed by atoms with Crippen molar-refractivity contribution in [1.82, 2.24) is 0 Å². The van der Waals surface area contributed by atoms with Gasteiger partial charge in [0.2, 0.25) is 0 Å². The van der Waals surface area contributed by atoms with Crippen LogP contribution in [0.3, 0.4) is 0 Å². The van der Waals surface area contributed by atoms with Gasteiger partial charge in [-0.1, -0.05) is 63.6 Å². The summed E-state index contributed by atoms with van der Waals surface area (Å²) in [6.45, 7) is 4.43. The first-order chi connectivity index (χ1) is 9.33. The third-order valence-electron chi connectivity index (χ3n) is 3.39. The molecule has 0 aliphatic carbocycles. The average Bonchev–Trinajstić information content (AvgIpc) is 2.41. The van der Waals surface area contributed by atoms with Crippen LogP contribution in [0, 0.1) is 6.92 Å². The minimum Gasteiger partial charge on any atom is -1.00 e. The molecule has 0 saturated heterocycles. The number of hydrogen-bond donors (Lipinski definition) is 0. The number of unbranched alkanes of at least 4 members (excludes halogenated alkanes) is 7. The summed E-state index contributed by atoms with van der Waals surface area (Å²) in [5.41, 5.74) is 1.34. The fourth-order valence-electron chi connectivity index (χ4n) is 2.24.